The van der Waals surface area contributed by atoms with Crippen molar-refractivity contribution in [1.82, 2.24) is 10.6 Å². The Morgan fingerprint density at radius 3 is 1.50 bits per heavy atom. The largest absolute Gasteiger partial charge is 0.482 e. The average Bonchev–Trinajstić information content (AvgIpc) is 2.37. The molecule has 0 aromatic rings. The third-order valence-electron chi connectivity index (χ3n) is 3.10. The van der Waals surface area contributed by atoms with Gasteiger partial charge in [-0.15, -0.1) is 0 Å². The van der Waals surface area contributed by atoms with Gasteiger partial charge in [-0.1, -0.05) is 12.2 Å². The van der Waals surface area contributed by atoms with Crippen LogP contribution < -0.4 is 10.6 Å². The number of nitrogens with one attached hydrogen (secondary N) is 2. The zero-order valence-electron chi connectivity index (χ0n) is 11.3. The van der Waals surface area contributed by atoms with Crippen LogP contribution in [0.2, 0.25) is 0 Å². The molecule has 2 N–H and O–H groups in total. The third-order valence-corrected chi connectivity index (χ3v) is 3.10. The van der Waals surface area contributed by atoms with E-state index in [1.165, 1.54) is 0 Å². The number of allylic oxidation sites excluding steroid dienone is 6. The van der Waals surface area contributed by atoms with Gasteiger partial charge in [0.05, 0.1) is 14.2 Å². The molecule has 0 aliphatic carbocycles. The first kappa shape index (κ1) is 12.6. The number of dihydropyridines is 2. The van der Waals surface area contributed by atoms with E-state index in [1.54, 1.807) is 14.2 Å². The third kappa shape index (κ3) is 2.70. The fourth-order valence-electron chi connectivity index (χ4n) is 2.26. The standard InChI is InChI=1S/C14H20N2O2/c1-9-5-11(7-13(15-9)17-3)12-6-10(2)16-14(8-12)18-4/h5-8,11-12,15-16H,1-4H3. The number of hydrogen-bond donors (Lipinski definition) is 2. The van der Waals surface area contributed by atoms with E-state index in [2.05, 4.69) is 34.9 Å². The summed E-state index contributed by atoms with van der Waals surface area (Å²) < 4.78 is 10.6. The predicted octanol–water partition coefficient (Wildman–Crippen LogP) is 2.21. The van der Waals surface area contributed by atoms with Crippen molar-refractivity contribution in [2.45, 2.75) is 13.8 Å². The van der Waals surface area contributed by atoms with Crippen LogP contribution >= 0.6 is 0 Å². The summed E-state index contributed by atoms with van der Waals surface area (Å²) in [7, 11) is 3.35. The lowest BCUT2D eigenvalue weighted by molar-refractivity contribution is 0.255. The van der Waals surface area contributed by atoms with Crippen LogP contribution in [0.1, 0.15) is 13.8 Å². The maximum Gasteiger partial charge on any atom is 0.187 e. The molecule has 98 valence electrons. The SMILES string of the molecule is COC1=CC(C2C=C(C)NC(OC)=C2)C=C(C)N1. The second-order valence-electron chi connectivity index (χ2n) is 4.57. The molecule has 0 aromatic heterocycles. The molecule has 4 heteroatoms. The van der Waals surface area contributed by atoms with Gasteiger partial charge in [0.15, 0.2) is 11.8 Å². The molecule has 2 unspecified atom stereocenters. The molecule has 2 aliphatic rings. The minimum Gasteiger partial charge on any atom is -0.482 e. The van der Waals surface area contributed by atoms with Crippen molar-refractivity contribution in [2.24, 2.45) is 11.8 Å². The molecule has 4 nitrogen and oxygen atoms in total. The first-order valence-electron chi connectivity index (χ1n) is 6.05. The fourth-order valence-corrected chi connectivity index (χ4v) is 2.26. The first-order chi connectivity index (χ1) is 8.62. The summed E-state index contributed by atoms with van der Waals surface area (Å²) in [6.45, 7) is 4.08. The molecule has 0 aromatic carbocycles. The molecule has 18 heavy (non-hydrogen) atoms. The molecule has 0 fully saturated rings. The van der Waals surface area contributed by atoms with Gasteiger partial charge < -0.3 is 20.1 Å². The van der Waals surface area contributed by atoms with Crippen molar-refractivity contribution in [2.75, 3.05) is 14.2 Å². The Hall–Kier alpha value is -1.84. The smallest absolute Gasteiger partial charge is 0.187 e. The average molecular weight is 248 g/mol. The van der Waals surface area contributed by atoms with Crippen LogP contribution in [0.25, 0.3) is 0 Å². The van der Waals surface area contributed by atoms with Crippen LogP contribution in [0.4, 0.5) is 0 Å². The van der Waals surface area contributed by atoms with Gasteiger partial charge in [0.1, 0.15) is 0 Å². The monoisotopic (exact) mass is 248 g/mol. The zero-order chi connectivity index (χ0) is 13.1. The lowest BCUT2D eigenvalue weighted by Gasteiger charge is -2.27. The molecule has 2 atom stereocenters. The quantitative estimate of drug-likeness (QED) is 0.803. The molecule has 2 aliphatic heterocycles. The van der Waals surface area contributed by atoms with E-state index >= 15 is 0 Å². The predicted molar refractivity (Wildman–Crippen MR) is 70.9 cm³/mol. The maximum atomic E-state index is 5.28. The highest BCUT2D eigenvalue weighted by molar-refractivity contribution is 5.27. The lowest BCUT2D eigenvalue weighted by Crippen LogP contribution is -2.25. The van der Waals surface area contributed by atoms with Gasteiger partial charge in [-0.25, -0.2) is 0 Å². The van der Waals surface area contributed by atoms with Crippen molar-refractivity contribution < 1.29 is 9.47 Å². The topological polar surface area (TPSA) is 42.5 Å². The van der Waals surface area contributed by atoms with E-state index in [-0.39, 0.29) is 11.8 Å². The molecule has 0 spiro atoms. The second-order valence-corrected chi connectivity index (χ2v) is 4.57. The van der Waals surface area contributed by atoms with Crippen LogP contribution in [0, 0.1) is 11.8 Å². The van der Waals surface area contributed by atoms with E-state index in [0.717, 1.165) is 23.2 Å². The number of hydrogen-bond acceptors (Lipinski definition) is 4. The van der Waals surface area contributed by atoms with E-state index < -0.39 is 0 Å². The molecule has 0 bridgehead atoms. The molecule has 2 heterocycles. The number of methoxy groups -OCH3 is 2. The highest BCUT2D eigenvalue weighted by Crippen LogP contribution is 2.28. The van der Waals surface area contributed by atoms with Gasteiger partial charge in [0.25, 0.3) is 0 Å². The van der Waals surface area contributed by atoms with E-state index in [9.17, 15) is 0 Å². The summed E-state index contributed by atoms with van der Waals surface area (Å²) in [6.07, 6.45) is 8.59. The second kappa shape index (κ2) is 5.21. The molecule has 0 radical (unpaired) electrons. The molecular weight excluding hydrogens is 228 g/mol. The molecule has 2 rings (SSSR count). The van der Waals surface area contributed by atoms with Crippen molar-refractivity contribution in [3.63, 3.8) is 0 Å². The minimum absolute atomic E-state index is 0.281. The Balaban J connectivity index is 2.24. The van der Waals surface area contributed by atoms with Crippen molar-refractivity contribution in [1.29, 1.82) is 0 Å². The fraction of sp³-hybridized carbons (Fsp3) is 0.429. The molecule has 0 amide bonds. The van der Waals surface area contributed by atoms with Gasteiger partial charge in [-0.3, -0.25) is 0 Å². The summed E-state index contributed by atoms with van der Waals surface area (Å²) in [5.41, 5.74) is 2.22. The van der Waals surface area contributed by atoms with Crippen molar-refractivity contribution >= 4 is 0 Å². The Morgan fingerprint density at radius 2 is 1.17 bits per heavy atom. The molecular formula is C14H20N2O2. The number of rotatable bonds is 3. The Bertz CT molecular complexity index is 405. The maximum absolute atomic E-state index is 5.28. The Labute approximate surface area is 108 Å². The highest BCUT2D eigenvalue weighted by Gasteiger charge is 2.22. The molecule has 0 saturated carbocycles. The van der Waals surface area contributed by atoms with Crippen LogP contribution in [0.15, 0.2) is 47.5 Å². The van der Waals surface area contributed by atoms with Crippen LogP contribution in [0.3, 0.4) is 0 Å². The van der Waals surface area contributed by atoms with E-state index in [0.29, 0.717) is 0 Å². The van der Waals surface area contributed by atoms with Crippen LogP contribution in [0.5, 0.6) is 0 Å². The van der Waals surface area contributed by atoms with Crippen LogP contribution in [-0.4, -0.2) is 14.2 Å². The summed E-state index contributed by atoms with van der Waals surface area (Å²) in [6, 6.07) is 0. The minimum atomic E-state index is 0.281. The van der Waals surface area contributed by atoms with Gasteiger partial charge in [0.2, 0.25) is 0 Å². The summed E-state index contributed by atoms with van der Waals surface area (Å²) in [5.74, 6) is 2.17. The summed E-state index contributed by atoms with van der Waals surface area (Å²) >= 11 is 0. The zero-order valence-corrected chi connectivity index (χ0v) is 11.3. The van der Waals surface area contributed by atoms with Crippen molar-refractivity contribution in [3.05, 3.63) is 47.5 Å². The Morgan fingerprint density at radius 1 is 0.778 bits per heavy atom. The highest BCUT2D eigenvalue weighted by atomic mass is 16.5. The van der Waals surface area contributed by atoms with E-state index in [1.807, 2.05) is 13.8 Å². The summed E-state index contributed by atoms with van der Waals surface area (Å²) in [4.78, 5) is 0. The normalized spacial score (nSPS) is 26.9. The van der Waals surface area contributed by atoms with Crippen LogP contribution in [-0.2, 0) is 9.47 Å². The summed E-state index contributed by atoms with van der Waals surface area (Å²) in [5, 5.41) is 6.37. The van der Waals surface area contributed by atoms with Gasteiger partial charge in [0, 0.05) is 23.2 Å². The number of ether oxygens (including phenoxy) is 2. The van der Waals surface area contributed by atoms with Crippen molar-refractivity contribution in [3.8, 4) is 0 Å². The van der Waals surface area contributed by atoms with Gasteiger partial charge >= 0.3 is 0 Å². The van der Waals surface area contributed by atoms with Gasteiger partial charge in [-0.2, -0.15) is 0 Å². The molecule has 0 saturated heterocycles. The Kier molecular flexibility index (Phi) is 3.65. The van der Waals surface area contributed by atoms with Gasteiger partial charge in [-0.05, 0) is 26.0 Å². The lowest BCUT2D eigenvalue weighted by atomic mass is 9.87. The van der Waals surface area contributed by atoms with E-state index in [4.69, 9.17) is 9.47 Å². The first-order valence-corrected chi connectivity index (χ1v) is 6.05.